The predicted octanol–water partition coefficient (Wildman–Crippen LogP) is 2.66. The van der Waals surface area contributed by atoms with Crippen molar-refractivity contribution in [3.8, 4) is 17.0 Å². The largest absolute Gasteiger partial charge is 0.493 e. The molecule has 0 aliphatic heterocycles. The third-order valence-electron chi connectivity index (χ3n) is 3.15. The zero-order chi connectivity index (χ0) is 14.3. The van der Waals surface area contributed by atoms with E-state index in [-0.39, 0.29) is 5.69 Å². The van der Waals surface area contributed by atoms with Crippen molar-refractivity contribution in [2.45, 2.75) is 6.92 Å². The summed E-state index contributed by atoms with van der Waals surface area (Å²) < 4.78 is 6.63. The number of aromatic amines is 1. The minimum atomic E-state index is -0.351. The first-order valence-electron chi connectivity index (χ1n) is 6.02. The third kappa shape index (κ3) is 1.87. The summed E-state index contributed by atoms with van der Waals surface area (Å²) in [6, 6.07) is 9.43. The molecule has 0 radical (unpaired) electrons. The summed E-state index contributed by atoms with van der Waals surface area (Å²) in [4.78, 5) is 12.0. The Hall–Kier alpha value is -2.27. The zero-order valence-corrected chi connectivity index (χ0v) is 11.7. The number of ether oxygens (including phenoxy) is 1. The van der Waals surface area contributed by atoms with E-state index in [0.29, 0.717) is 22.1 Å². The molecule has 1 N–H and O–H groups in total. The van der Waals surface area contributed by atoms with E-state index in [1.807, 2.05) is 31.2 Å². The number of hydrogen-bond acceptors (Lipinski definition) is 3. The maximum Gasteiger partial charge on any atom is 0.348 e. The zero-order valence-electron chi connectivity index (χ0n) is 11.0. The number of aryl methyl sites for hydroxylation is 1. The normalized spacial score (nSPS) is 10.9. The standard InChI is InChI=1S/C14H12ClN3O2/c1-8-3-5-9(6-4-8)12-10(15)7-11(20-2)13-16-17-14(19)18(12)13/h3-7H,1-2H3,(H,17,19). The second-order valence-corrected chi connectivity index (χ2v) is 4.87. The molecule has 20 heavy (non-hydrogen) atoms. The lowest BCUT2D eigenvalue weighted by Crippen LogP contribution is -2.12. The first kappa shape index (κ1) is 12.7. The van der Waals surface area contributed by atoms with Crippen molar-refractivity contribution in [2.24, 2.45) is 0 Å². The van der Waals surface area contributed by atoms with Crippen LogP contribution in [0.1, 0.15) is 5.56 Å². The minimum Gasteiger partial charge on any atom is -0.493 e. The molecule has 0 fully saturated rings. The number of nitrogens with zero attached hydrogens (tertiary/aromatic N) is 2. The number of hydrogen-bond donors (Lipinski definition) is 1. The molecular formula is C14H12ClN3O2. The van der Waals surface area contributed by atoms with Crippen molar-refractivity contribution < 1.29 is 4.74 Å². The SMILES string of the molecule is COc1cc(Cl)c(-c2ccc(C)cc2)n2c(=O)[nH]nc12. The molecular weight excluding hydrogens is 278 g/mol. The summed E-state index contributed by atoms with van der Waals surface area (Å²) in [5.74, 6) is 0.448. The lowest BCUT2D eigenvalue weighted by molar-refractivity contribution is 0.417. The lowest BCUT2D eigenvalue weighted by Gasteiger charge is -2.10. The van der Waals surface area contributed by atoms with E-state index in [9.17, 15) is 4.79 Å². The highest BCUT2D eigenvalue weighted by molar-refractivity contribution is 6.33. The number of nitrogens with one attached hydrogen (secondary N) is 1. The second kappa shape index (κ2) is 4.68. The molecule has 1 aromatic carbocycles. The van der Waals surface area contributed by atoms with Crippen molar-refractivity contribution in [3.05, 3.63) is 51.4 Å². The molecule has 3 rings (SSSR count). The summed E-state index contributed by atoms with van der Waals surface area (Å²) in [5, 5.41) is 6.83. The monoisotopic (exact) mass is 289 g/mol. The maximum atomic E-state index is 12.0. The third-order valence-corrected chi connectivity index (χ3v) is 3.43. The molecule has 0 aliphatic carbocycles. The molecule has 2 aromatic heterocycles. The first-order chi connectivity index (χ1) is 9.61. The van der Waals surface area contributed by atoms with Gasteiger partial charge >= 0.3 is 5.69 Å². The molecule has 0 saturated heterocycles. The fourth-order valence-corrected chi connectivity index (χ4v) is 2.45. The predicted molar refractivity (Wildman–Crippen MR) is 77.5 cm³/mol. The van der Waals surface area contributed by atoms with E-state index in [4.69, 9.17) is 16.3 Å². The van der Waals surface area contributed by atoms with E-state index in [2.05, 4.69) is 10.2 Å². The van der Waals surface area contributed by atoms with Crippen molar-refractivity contribution in [3.63, 3.8) is 0 Å². The average molecular weight is 290 g/mol. The Morgan fingerprint density at radius 2 is 2.00 bits per heavy atom. The highest BCUT2D eigenvalue weighted by Crippen LogP contribution is 2.32. The molecule has 0 unspecified atom stereocenters. The number of pyridine rings is 1. The van der Waals surface area contributed by atoms with Crippen LogP contribution in [0.3, 0.4) is 0 Å². The summed E-state index contributed by atoms with van der Waals surface area (Å²) in [5.41, 5.74) is 2.64. The van der Waals surface area contributed by atoms with Crippen LogP contribution in [0, 0.1) is 6.92 Å². The van der Waals surface area contributed by atoms with Crippen LogP contribution in [0.15, 0.2) is 35.1 Å². The lowest BCUT2D eigenvalue weighted by atomic mass is 10.1. The molecule has 0 spiro atoms. The molecule has 102 valence electrons. The van der Waals surface area contributed by atoms with E-state index in [0.717, 1.165) is 11.1 Å². The molecule has 5 nitrogen and oxygen atoms in total. The van der Waals surface area contributed by atoms with Gasteiger partial charge in [-0.25, -0.2) is 14.3 Å². The van der Waals surface area contributed by atoms with Crippen molar-refractivity contribution in [1.29, 1.82) is 0 Å². The Labute approximate surface area is 119 Å². The number of halogens is 1. The summed E-state index contributed by atoms with van der Waals surface area (Å²) in [6.07, 6.45) is 0. The van der Waals surface area contributed by atoms with Gasteiger partial charge in [0.2, 0.25) is 5.65 Å². The van der Waals surface area contributed by atoms with Gasteiger partial charge in [-0.2, -0.15) is 0 Å². The Kier molecular flexibility index (Phi) is 2.99. The summed E-state index contributed by atoms with van der Waals surface area (Å²) in [6.45, 7) is 2.00. The number of rotatable bonds is 2. The number of fused-ring (bicyclic) bond motifs is 1. The fourth-order valence-electron chi connectivity index (χ4n) is 2.15. The van der Waals surface area contributed by atoms with Crippen molar-refractivity contribution in [1.82, 2.24) is 14.6 Å². The molecule has 2 heterocycles. The van der Waals surface area contributed by atoms with Crippen LogP contribution in [0.4, 0.5) is 0 Å². The van der Waals surface area contributed by atoms with Gasteiger partial charge in [0.25, 0.3) is 0 Å². The van der Waals surface area contributed by atoms with Gasteiger partial charge < -0.3 is 4.74 Å². The maximum absolute atomic E-state index is 12.0. The van der Waals surface area contributed by atoms with Crippen LogP contribution in [0.5, 0.6) is 5.75 Å². The topological polar surface area (TPSA) is 59.4 Å². The van der Waals surface area contributed by atoms with Gasteiger partial charge in [0.05, 0.1) is 17.8 Å². The van der Waals surface area contributed by atoms with Crippen LogP contribution in [-0.2, 0) is 0 Å². The van der Waals surface area contributed by atoms with Crippen LogP contribution >= 0.6 is 11.6 Å². The second-order valence-electron chi connectivity index (χ2n) is 4.46. The van der Waals surface area contributed by atoms with Crippen LogP contribution < -0.4 is 10.4 Å². The molecule has 3 aromatic rings. The Morgan fingerprint density at radius 1 is 1.30 bits per heavy atom. The number of benzene rings is 1. The Morgan fingerprint density at radius 3 is 2.65 bits per heavy atom. The van der Waals surface area contributed by atoms with E-state index in [1.54, 1.807) is 6.07 Å². The van der Waals surface area contributed by atoms with Crippen molar-refractivity contribution >= 4 is 17.2 Å². The first-order valence-corrected chi connectivity index (χ1v) is 6.40. The molecule has 0 bridgehead atoms. The molecule has 0 saturated carbocycles. The average Bonchev–Trinajstić information content (AvgIpc) is 2.82. The smallest absolute Gasteiger partial charge is 0.348 e. The fraction of sp³-hybridized carbons (Fsp3) is 0.143. The number of H-pyrrole nitrogens is 1. The molecule has 6 heteroatoms. The van der Waals surface area contributed by atoms with Gasteiger partial charge in [-0.15, -0.1) is 5.10 Å². The van der Waals surface area contributed by atoms with E-state index in [1.165, 1.54) is 11.5 Å². The molecule has 0 amide bonds. The van der Waals surface area contributed by atoms with E-state index >= 15 is 0 Å². The van der Waals surface area contributed by atoms with Gasteiger partial charge in [-0.3, -0.25) is 0 Å². The van der Waals surface area contributed by atoms with Gasteiger partial charge in [-0.05, 0) is 6.92 Å². The van der Waals surface area contributed by atoms with Crippen LogP contribution in [0.2, 0.25) is 5.02 Å². The van der Waals surface area contributed by atoms with Crippen LogP contribution in [-0.4, -0.2) is 21.7 Å². The van der Waals surface area contributed by atoms with Gasteiger partial charge in [0, 0.05) is 11.6 Å². The Balaban J connectivity index is 2.41. The molecule has 0 atom stereocenters. The number of methoxy groups -OCH3 is 1. The highest BCUT2D eigenvalue weighted by atomic mass is 35.5. The minimum absolute atomic E-state index is 0.351. The van der Waals surface area contributed by atoms with Gasteiger partial charge in [-0.1, -0.05) is 41.4 Å². The summed E-state index contributed by atoms with van der Waals surface area (Å²) >= 11 is 6.31. The van der Waals surface area contributed by atoms with Gasteiger partial charge in [0.15, 0.2) is 5.75 Å². The van der Waals surface area contributed by atoms with Crippen LogP contribution in [0.25, 0.3) is 16.9 Å². The summed E-state index contributed by atoms with van der Waals surface area (Å²) in [7, 11) is 1.51. The van der Waals surface area contributed by atoms with E-state index < -0.39 is 0 Å². The van der Waals surface area contributed by atoms with Crippen molar-refractivity contribution in [2.75, 3.05) is 7.11 Å². The quantitative estimate of drug-likeness (QED) is 0.789. The highest BCUT2D eigenvalue weighted by Gasteiger charge is 2.16. The Bertz CT molecular complexity index is 834. The van der Waals surface area contributed by atoms with Gasteiger partial charge in [0.1, 0.15) is 0 Å². The molecule has 0 aliphatic rings. The number of aromatic nitrogens is 3.